The minimum atomic E-state index is -0.483. The van der Waals surface area contributed by atoms with E-state index in [9.17, 15) is 9.59 Å². The van der Waals surface area contributed by atoms with Crippen LogP contribution in [0.4, 0.5) is 4.79 Å². The summed E-state index contributed by atoms with van der Waals surface area (Å²) >= 11 is 5.80. The molecule has 2 aromatic carbocycles. The molecule has 148 valence electrons. The van der Waals surface area contributed by atoms with Gasteiger partial charge in [0, 0.05) is 36.8 Å². The van der Waals surface area contributed by atoms with Crippen LogP contribution in [0.2, 0.25) is 5.02 Å². The summed E-state index contributed by atoms with van der Waals surface area (Å²) in [5.41, 5.74) is 7.33. The van der Waals surface area contributed by atoms with Gasteiger partial charge in [-0.05, 0) is 35.4 Å². The summed E-state index contributed by atoms with van der Waals surface area (Å²) in [6.07, 6.45) is 0. The highest BCUT2D eigenvalue weighted by molar-refractivity contribution is 6.30. The highest BCUT2D eigenvalue weighted by Gasteiger charge is 2.13. The Labute approximate surface area is 169 Å². The van der Waals surface area contributed by atoms with E-state index >= 15 is 0 Å². The molecular weight excluding hydrogens is 380 g/mol. The van der Waals surface area contributed by atoms with E-state index in [0.717, 1.165) is 44.0 Å². The molecule has 1 aliphatic heterocycles. The van der Waals surface area contributed by atoms with Crippen LogP contribution in [0.25, 0.3) is 0 Å². The second-order valence-corrected chi connectivity index (χ2v) is 6.86. The molecule has 28 heavy (non-hydrogen) atoms. The summed E-state index contributed by atoms with van der Waals surface area (Å²) < 4.78 is 5.38. The Morgan fingerprint density at radius 3 is 2.36 bits per heavy atom. The molecule has 2 aromatic rings. The molecule has 0 atom stereocenters. The Bertz CT molecular complexity index is 807. The van der Waals surface area contributed by atoms with Crippen molar-refractivity contribution in [2.45, 2.75) is 13.1 Å². The first-order valence-corrected chi connectivity index (χ1v) is 9.46. The van der Waals surface area contributed by atoms with Crippen LogP contribution < -0.4 is 16.2 Å². The maximum Gasteiger partial charge on any atom is 0.333 e. The summed E-state index contributed by atoms with van der Waals surface area (Å²) in [6, 6.07) is 13.9. The van der Waals surface area contributed by atoms with E-state index in [1.807, 2.05) is 18.2 Å². The lowest BCUT2D eigenvalue weighted by atomic mass is 10.1. The normalized spacial score (nSPS) is 14.3. The van der Waals surface area contributed by atoms with Gasteiger partial charge in [0.15, 0.2) is 0 Å². The fraction of sp³-hybridized carbons (Fsp3) is 0.300. The molecule has 1 heterocycles. The number of morpholine rings is 1. The maximum absolute atomic E-state index is 12.0. The van der Waals surface area contributed by atoms with Gasteiger partial charge < -0.3 is 10.1 Å². The first kappa shape index (κ1) is 20.1. The van der Waals surface area contributed by atoms with Gasteiger partial charge in [-0.25, -0.2) is 10.2 Å². The quantitative estimate of drug-likeness (QED) is 0.670. The number of amides is 3. The average molecular weight is 403 g/mol. The van der Waals surface area contributed by atoms with Crippen molar-refractivity contribution in [3.8, 4) is 0 Å². The van der Waals surface area contributed by atoms with Crippen LogP contribution >= 0.6 is 11.6 Å². The summed E-state index contributed by atoms with van der Waals surface area (Å²) in [6.45, 7) is 4.48. The van der Waals surface area contributed by atoms with Gasteiger partial charge in [-0.15, -0.1) is 0 Å². The molecule has 3 rings (SSSR count). The largest absolute Gasteiger partial charge is 0.379 e. The number of urea groups is 1. The summed E-state index contributed by atoms with van der Waals surface area (Å²) in [7, 11) is 0. The van der Waals surface area contributed by atoms with Crippen LogP contribution in [-0.2, 0) is 17.8 Å². The van der Waals surface area contributed by atoms with Crippen LogP contribution in [0.1, 0.15) is 21.5 Å². The lowest BCUT2D eigenvalue weighted by Crippen LogP contribution is -2.46. The molecule has 8 heteroatoms. The van der Waals surface area contributed by atoms with Crippen molar-refractivity contribution in [3.05, 3.63) is 70.2 Å². The first-order valence-electron chi connectivity index (χ1n) is 9.08. The highest BCUT2D eigenvalue weighted by atomic mass is 35.5. The number of nitrogens with one attached hydrogen (secondary N) is 3. The van der Waals surface area contributed by atoms with Crippen LogP contribution in [0, 0.1) is 0 Å². The number of nitrogens with zero attached hydrogens (tertiary/aromatic N) is 1. The molecule has 0 saturated carbocycles. The van der Waals surface area contributed by atoms with Gasteiger partial charge in [0.1, 0.15) is 0 Å². The SMILES string of the molecule is O=C(NCc1ccccc1CN1CCOCC1)NNC(=O)c1ccc(Cl)cc1. The molecular formula is C20H23ClN4O3. The van der Waals surface area contributed by atoms with E-state index < -0.39 is 11.9 Å². The first-order chi connectivity index (χ1) is 13.6. The number of halogens is 1. The monoisotopic (exact) mass is 402 g/mol. The van der Waals surface area contributed by atoms with E-state index in [-0.39, 0.29) is 0 Å². The standard InChI is InChI=1S/C20H23ClN4O3/c21-18-7-5-15(6-8-18)19(26)23-24-20(27)22-13-16-3-1-2-4-17(16)14-25-9-11-28-12-10-25/h1-8H,9-14H2,(H,23,26)(H2,22,24,27). The van der Waals surface area contributed by atoms with Crippen LogP contribution in [0.3, 0.4) is 0 Å². The molecule has 0 spiro atoms. The van der Waals surface area contributed by atoms with Crippen LogP contribution in [0.5, 0.6) is 0 Å². The molecule has 0 bridgehead atoms. The molecule has 1 saturated heterocycles. The predicted octanol–water partition coefficient (Wildman–Crippen LogP) is 2.32. The smallest absolute Gasteiger partial charge is 0.333 e. The van der Waals surface area contributed by atoms with E-state index in [0.29, 0.717) is 17.1 Å². The summed E-state index contributed by atoms with van der Waals surface area (Å²) in [4.78, 5) is 26.3. The fourth-order valence-corrected chi connectivity index (χ4v) is 3.02. The molecule has 0 radical (unpaired) electrons. The topological polar surface area (TPSA) is 82.7 Å². The zero-order chi connectivity index (χ0) is 19.8. The van der Waals surface area contributed by atoms with Gasteiger partial charge in [0.05, 0.1) is 13.2 Å². The Morgan fingerprint density at radius 1 is 0.964 bits per heavy atom. The van der Waals surface area contributed by atoms with Gasteiger partial charge in [-0.2, -0.15) is 0 Å². The molecule has 3 amide bonds. The molecule has 7 nitrogen and oxygen atoms in total. The van der Waals surface area contributed by atoms with Crippen molar-refractivity contribution in [1.29, 1.82) is 0 Å². The van der Waals surface area contributed by atoms with Crippen molar-refractivity contribution in [3.63, 3.8) is 0 Å². The third-order valence-electron chi connectivity index (χ3n) is 4.45. The van der Waals surface area contributed by atoms with Crippen molar-refractivity contribution >= 4 is 23.5 Å². The molecule has 0 aliphatic carbocycles. The maximum atomic E-state index is 12.0. The fourth-order valence-electron chi connectivity index (χ4n) is 2.89. The van der Waals surface area contributed by atoms with Gasteiger partial charge in [0.25, 0.3) is 5.91 Å². The average Bonchev–Trinajstić information content (AvgIpc) is 2.72. The van der Waals surface area contributed by atoms with E-state index in [2.05, 4.69) is 27.1 Å². The minimum absolute atomic E-state index is 0.364. The second-order valence-electron chi connectivity index (χ2n) is 6.43. The van der Waals surface area contributed by atoms with E-state index in [4.69, 9.17) is 16.3 Å². The second kappa shape index (κ2) is 10.1. The Hall–Kier alpha value is -2.61. The lowest BCUT2D eigenvalue weighted by molar-refractivity contribution is 0.0341. The van der Waals surface area contributed by atoms with Crippen LogP contribution in [0.15, 0.2) is 48.5 Å². The molecule has 0 aromatic heterocycles. The number of hydrogen-bond acceptors (Lipinski definition) is 4. The number of hydrogen-bond donors (Lipinski definition) is 3. The highest BCUT2D eigenvalue weighted by Crippen LogP contribution is 2.13. The van der Waals surface area contributed by atoms with Crippen molar-refractivity contribution < 1.29 is 14.3 Å². The number of benzene rings is 2. The van der Waals surface area contributed by atoms with Crippen molar-refractivity contribution in [2.75, 3.05) is 26.3 Å². The third-order valence-corrected chi connectivity index (χ3v) is 4.70. The third kappa shape index (κ3) is 5.95. The summed E-state index contributed by atoms with van der Waals surface area (Å²) in [5.74, 6) is -0.417. The zero-order valence-corrected chi connectivity index (χ0v) is 16.2. The van der Waals surface area contributed by atoms with E-state index in [1.54, 1.807) is 24.3 Å². The van der Waals surface area contributed by atoms with Crippen LogP contribution in [-0.4, -0.2) is 43.1 Å². The number of ether oxygens (including phenoxy) is 1. The summed E-state index contributed by atoms with van der Waals surface area (Å²) in [5, 5.41) is 3.30. The Morgan fingerprint density at radius 2 is 1.64 bits per heavy atom. The van der Waals surface area contributed by atoms with E-state index in [1.165, 1.54) is 0 Å². The minimum Gasteiger partial charge on any atom is -0.379 e. The van der Waals surface area contributed by atoms with Gasteiger partial charge >= 0.3 is 6.03 Å². The van der Waals surface area contributed by atoms with Crippen molar-refractivity contribution in [1.82, 2.24) is 21.1 Å². The van der Waals surface area contributed by atoms with Gasteiger partial charge in [-0.3, -0.25) is 15.1 Å². The molecule has 1 fully saturated rings. The zero-order valence-electron chi connectivity index (χ0n) is 15.4. The number of rotatable bonds is 5. The number of carbonyl (C=O) groups excluding carboxylic acids is 2. The number of carbonyl (C=O) groups is 2. The van der Waals surface area contributed by atoms with Crippen molar-refractivity contribution in [2.24, 2.45) is 0 Å². The van der Waals surface area contributed by atoms with Gasteiger partial charge in [0.2, 0.25) is 0 Å². The molecule has 3 N–H and O–H groups in total. The van der Waals surface area contributed by atoms with Gasteiger partial charge in [-0.1, -0.05) is 35.9 Å². The Kier molecular flexibility index (Phi) is 7.25. The Balaban J connectivity index is 1.47. The lowest BCUT2D eigenvalue weighted by Gasteiger charge is -2.27. The molecule has 0 unspecified atom stereocenters. The molecule has 1 aliphatic rings. The number of hydrazine groups is 1. The predicted molar refractivity (Wildman–Crippen MR) is 107 cm³/mol.